The van der Waals surface area contributed by atoms with Gasteiger partial charge in [-0.05, 0) is 57.2 Å². The number of nitrogens with two attached hydrogens (primary N) is 1. The highest BCUT2D eigenvalue weighted by Crippen LogP contribution is 2.39. The molecule has 3 aromatic rings. The molecule has 3 unspecified atom stereocenters. The van der Waals surface area contributed by atoms with Crippen LogP contribution in [0.4, 0.5) is 0 Å². The molecule has 0 aliphatic heterocycles. The monoisotopic (exact) mass is 443 g/mol. The van der Waals surface area contributed by atoms with E-state index in [0.29, 0.717) is 13.2 Å². The van der Waals surface area contributed by atoms with E-state index in [4.69, 9.17) is 15.2 Å². The largest absolute Gasteiger partial charge is 0.373 e. The Morgan fingerprint density at radius 1 is 0.758 bits per heavy atom. The van der Waals surface area contributed by atoms with E-state index in [1.54, 1.807) is 0 Å². The molecule has 4 rings (SSSR count). The smallest absolute Gasteiger partial charge is 0.0825 e. The van der Waals surface area contributed by atoms with Crippen molar-refractivity contribution in [3.63, 3.8) is 0 Å². The molecule has 0 bridgehead atoms. The zero-order valence-electron chi connectivity index (χ0n) is 20.4. The van der Waals surface area contributed by atoms with E-state index < -0.39 is 5.54 Å². The van der Waals surface area contributed by atoms with Crippen LogP contribution < -0.4 is 5.73 Å². The van der Waals surface area contributed by atoms with E-state index in [1.807, 2.05) is 6.07 Å². The minimum absolute atomic E-state index is 0.112. The Labute approximate surface area is 198 Å². The molecule has 0 aromatic heterocycles. The number of benzene rings is 3. The SMILES string of the molecule is Cc1cc(C)cc(COC2CCC(N)(c3ccccc3)C(OCc3cc(C)cc(C)c3)C2)c1. The fraction of sp³-hybridized carbons (Fsp3) is 0.400. The third kappa shape index (κ3) is 5.92. The summed E-state index contributed by atoms with van der Waals surface area (Å²) in [7, 11) is 0. The van der Waals surface area contributed by atoms with Crippen LogP contribution in [0.25, 0.3) is 0 Å². The molecule has 2 N–H and O–H groups in total. The van der Waals surface area contributed by atoms with E-state index in [-0.39, 0.29) is 12.2 Å². The molecule has 3 heteroatoms. The number of hydrogen-bond acceptors (Lipinski definition) is 3. The van der Waals surface area contributed by atoms with E-state index >= 15 is 0 Å². The Hall–Kier alpha value is -2.46. The van der Waals surface area contributed by atoms with Crippen LogP contribution in [0.5, 0.6) is 0 Å². The van der Waals surface area contributed by atoms with Crippen molar-refractivity contribution in [3.05, 3.63) is 106 Å². The Morgan fingerprint density at radius 3 is 1.82 bits per heavy atom. The Balaban J connectivity index is 1.49. The summed E-state index contributed by atoms with van der Waals surface area (Å²) in [6.07, 6.45) is 2.58. The van der Waals surface area contributed by atoms with Gasteiger partial charge in [0, 0.05) is 6.42 Å². The van der Waals surface area contributed by atoms with Crippen molar-refractivity contribution in [1.29, 1.82) is 0 Å². The molecule has 3 atom stereocenters. The maximum Gasteiger partial charge on any atom is 0.0825 e. The first-order chi connectivity index (χ1) is 15.8. The van der Waals surface area contributed by atoms with Crippen LogP contribution in [0.1, 0.15) is 58.2 Å². The van der Waals surface area contributed by atoms with Crippen LogP contribution in [-0.2, 0) is 28.2 Å². The van der Waals surface area contributed by atoms with Gasteiger partial charge in [-0.1, -0.05) is 89.0 Å². The lowest BCUT2D eigenvalue weighted by Gasteiger charge is -2.44. The van der Waals surface area contributed by atoms with Crippen LogP contribution in [0, 0.1) is 27.7 Å². The molecule has 1 fully saturated rings. The van der Waals surface area contributed by atoms with Crippen molar-refractivity contribution in [3.8, 4) is 0 Å². The zero-order valence-corrected chi connectivity index (χ0v) is 20.4. The van der Waals surface area contributed by atoms with Gasteiger partial charge >= 0.3 is 0 Å². The molecule has 0 amide bonds. The summed E-state index contributed by atoms with van der Waals surface area (Å²) in [4.78, 5) is 0. The Bertz CT molecular complexity index is 1040. The van der Waals surface area contributed by atoms with E-state index in [1.165, 1.54) is 33.4 Å². The van der Waals surface area contributed by atoms with E-state index in [0.717, 1.165) is 24.8 Å². The van der Waals surface area contributed by atoms with Crippen LogP contribution in [0.15, 0.2) is 66.7 Å². The highest BCUT2D eigenvalue weighted by atomic mass is 16.5. The number of aryl methyl sites for hydroxylation is 4. The number of ether oxygens (including phenoxy) is 2. The van der Waals surface area contributed by atoms with E-state index in [2.05, 4.69) is 88.4 Å². The predicted octanol–water partition coefficient (Wildman–Crippen LogP) is 6.43. The first-order valence-electron chi connectivity index (χ1n) is 12.0. The molecule has 1 aliphatic carbocycles. The normalized spacial score (nSPS) is 22.9. The summed E-state index contributed by atoms with van der Waals surface area (Å²) in [5.74, 6) is 0. The Morgan fingerprint density at radius 2 is 1.27 bits per heavy atom. The zero-order chi connectivity index (χ0) is 23.4. The van der Waals surface area contributed by atoms with Crippen molar-refractivity contribution in [2.75, 3.05) is 0 Å². The molecule has 33 heavy (non-hydrogen) atoms. The van der Waals surface area contributed by atoms with Crippen molar-refractivity contribution in [2.24, 2.45) is 5.73 Å². The molecule has 0 heterocycles. The van der Waals surface area contributed by atoms with Crippen molar-refractivity contribution < 1.29 is 9.47 Å². The highest BCUT2D eigenvalue weighted by Gasteiger charge is 2.43. The lowest BCUT2D eigenvalue weighted by Crippen LogP contribution is -2.54. The standard InChI is InChI=1S/C30H37NO2/c1-21-12-22(2)15-25(14-21)19-32-28-10-11-30(31,27-8-6-5-7-9-27)29(18-28)33-20-26-16-23(3)13-24(4)17-26/h5-9,12-17,28-29H,10-11,18-20,31H2,1-4H3. The molecule has 1 aliphatic rings. The first-order valence-corrected chi connectivity index (χ1v) is 12.0. The summed E-state index contributed by atoms with van der Waals surface area (Å²) in [6, 6.07) is 23.6. The van der Waals surface area contributed by atoms with Gasteiger partial charge in [0.25, 0.3) is 0 Å². The maximum atomic E-state index is 7.08. The third-order valence-corrected chi connectivity index (χ3v) is 6.74. The van der Waals surface area contributed by atoms with Crippen molar-refractivity contribution in [1.82, 2.24) is 0 Å². The van der Waals surface area contributed by atoms with Crippen LogP contribution in [-0.4, -0.2) is 12.2 Å². The molecular formula is C30H37NO2. The summed E-state index contributed by atoms with van der Waals surface area (Å²) >= 11 is 0. The lowest BCUT2D eigenvalue weighted by molar-refractivity contribution is -0.0933. The molecule has 0 spiro atoms. The van der Waals surface area contributed by atoms with E-state index in [9.17, 15) is 0 Å². The fourth-order valence-corrected chi connectivity index (χ4v) is 5.29. The van der Waals surface area contributed by atoms with Gasteiger partial charge in [0.05, 0.1) is 31.0 Å². The number of rotatable bonds is 7. The predicted molar refractivity (Wildman–Crippen MR) is 135 cm³/mol. The summed E-state index contributed by atoms with van der Waals surface area (Å²) in [5.41, 5.74) is 15.2. The minimum Gasteiger partial charge on any atom is -0.373 e. The molecule has 3 nitrogen and oxygen atoms in total. The van der Waals surface area contributed by atoms with Crippen LogP contribution in [0.3, 0.4) is 0 Å². The van der Waals surface area contributed by atoms with Gasteiger partial charge < -0.3 is 15.2 Å². The summed E-state index contributed by atoms with van der Waals surface area (Å²) < 4.78 is 13.0. The highest BCUT2D eigenvalue weighted by molar-refractivity contribution is 5.30. The Kier molecular flexibility index (Phi) is 7.33. The van der Waals surface area contributed by atoms with Gasteiger partial charge in [-0.2, -0.15) is 0 Å². The molecule has 0 saturated heterocycles. The fourth-order valence-electron chi connectivity index (χ4n) is 5.29. The number of hydrogen-bond donors (Lipinski definition) is 1. The van der Waals surface area contributed by atoms with Crippen LogP contribution in [0.2, 0.25) is 0 Å². The summed E-state index contributed by atoms with van der Waals surface area (Å²) in [6.45, 7) is 9.71. The topological polar surface area (TPSA) is 44.5 Å². The molecular weight excluding hydrogens is 406 g/mol. The van der Waals surface area contributed by atoms with Crippen molar-refractivity contribution in [2.45, 2.75) is 77.9 Å². The first kappa shape index (κ1) is 23.7. The molecule has 1 saturated carbocycles. The van der Waals surface area contributed by atoms with Gasteiger partial charge in [0.1, 0.15) is 0 Å². The average Bonchev–Trinajstić information content (AvgIpc) is 2.77. The summed E-state index contributed by atoms with van der Waals surface area (Å²) in [5, 5.41) is 0. The van der Waals surface area contributed by atoms with Crippen molar-refractivity contribution >= 4 is 0 Å². The average molecular weight is 444 g/mol. The van der Waals surface area contributed by atoms with Gasteiger partial charge in [0.2, 0.25) is 0 Å². The second-order valence-corrected chi connectivity index (χ2v) is 9.91. The quantitative estimate of drug-likeness (QED) is 0.458. The third-order valence-electron chi connectivity index (χ3n) is 6.74. The second-order valence-electron chi connectivity index (χ2n) is 9.91. The maximum absolute atomic E-state index is 7.08. The van der Waals surface area contributed by atoms with Gasteiger partial charge in [-0.25, -0.2) is 0 Å². The minimum atomic E-state index is -0.514. The molecule has 174 valence electrons. The van der Waals surface area contributed by atoms with Gasteiger partial charge in [0.15, 0.2) is 0 Å². The van der Waals surface area contributed by atoms with Crippen LogP contribution >= 0.6 is 0 Å². The molecule has 3 aromatic carbocycles. The molecule has 0 radical (unpaired) electrons. The van der Waals surface area contributed by atoms with Gasteiger partial charge in [-0.15, -0.1) is 0 Å². The second kappa shape index (κ2) is 10.2. The lowest BCUT2D eigenvalue weighted by atomic mass is 9.74. The van der Waals surface area contributed by atoms with Gasteiger partial charge in [-0.3, -0.25) is 0 Å².